The summed E-state index contributed by atoms with van der Waals surface area (Å²) in [6.45, 7) is 1.04. The van der Waals surface area contributed by atoms with Gasteiger partial charge < -0.3 is 15.5 Å². The lowest BCUT2D eigenvalue weighted by Crippen LogP contribution is -2.48. The average molecular weight is 527 g/mol. The monoisotopic (exact) mass is 527 g/mol. The first-order chi connectivity index (χ1) is 13.3. The number of nitrogens with zero attached hydrogens (tertiary/aromatic N) is 3. The van der Waals surface area contributed by atoms with E-state index in [4.69, 9.17) is 0 Å². The minimum absolute atomic E-state index is 0. The van der Waals surface area contributed by atoms with E-state index in [0.717, 1.165) is 33.0 Å². The summed E-state index contributed by atoms with van der Waals surface area (Å²) in [5.41, 5.74) is 1.26. The van der Waals surface area contributed by atoms with Crippen LogP contribution >= 0.6 is 24.0 Å². The van der Waals surface area contributed by atoms with Crippen LogP contribution in [-0.2, 0) is 11.3 Å². The van der Waals surface area contributed by atoms with Crippen LogP contribution in [0.2, 0.25) is 0 Å². The first-order valence-electron chi connectivity index (χ1n) is 9.31. The number of alkyl halides is 3. The molecule has 2 N–H and O–H groups in total. The highest BCUT2D eigenvalue weighted by molar-refractivity contribution is 14.0. The van der Waals surface area contributed by atoms with E-state index in [-0.39, 0.29) is 30.5 Å². The second-order valence-electron chi connectivity index (χ2n) is 6.92. The molecule has 1 aliphatic heterocycles. The molecular formula is C19H29F3IN5O. The number of carbonyl (C=O) groups is 1. The fraction of sp³-hybridized carbons (Fsp3) is 0.579. The molecule has 10 heteroatoms. The summed E-state index contributed by atoms with van der Waals surface area (Å²) in [7, 11) is 2.70. The number of hydrogen-bond acceptors (Lipinski definition) is 3. The number of aliphatic imine (C=N–C) groups is 1. The Labute approximate surface area is 186 Å². The van der Waals surface area contributed by atoms with Crippen molar-refractivity contribution < 1.29 is 18.0 Å². The summed E-state index contributed by atoms with van der Waals surface area (Å²) < 4.78 is 37.1. The number of guanidine groups is 1. The van der Waals surface area contributed by atoms with E-state index in [9.17, 15) is 18.0 Å². The van der Waals surface area contributed by atoms with E-state index >= 15 is 0 Å². The fourth-order valence-corrected chi connectivity index (χ4v) is 3.24. The van der Waals surface area contributed by atoms with Crippen molar-refractivity contribution in [3.8, 4) is 0 Å². The molecule has 164 valence electrons. The quantitative estimate of drug-likeness (QED) is 0.325. The first kappa shape index (κ1) is 25.5. The maximum atomic E-state index is 12.4. The van der Waals surface area contributed by atoms with E-state index in [1.165, 1.54) is 5.56 Å². The normalized spacial score (nSPS) is 17.6. The predicted molar refractivity (Wildman–Crippen MR) is 118 cm³/mol. The molecule has 0 bridgehead atoms. The maximum Gasteiger partial charge on any atom is 0.406 e. The van der Waals surface area contributed by atoms with Gasteiger partial charge in [0.2, 0.25) is 5.91 Å². The Morgan fingerprint density at radius 2 is 1.97 bits per heavy atom. The van der Waals surface area contributed by atoms with Crippen molar-refractivity contribution in [1.82, 2.24) is 20.4 Å². The molecule has 1 atom stereocenters. The summed E-state index contributed by atoms with van der Waals surface area (Å²) in [5.74, 6) is -0.243. The zero-order valence-corrected chi connectivity index (χ0v) is 19.0. The van der Waals surface area contributed by atoms with E-state index in [1.54, 1.807) is 7.05 Å². The Morgan fingerprint density at radius 3 is 2.59 bits per heavy atom. The van der Waals surface area contributed by atoms with Gasteiger partial charge >= 0.3 is 6.18 Å². The number of halogens is 4. The van der Waals surface area contributed by atoms with E-state index < -0.39 is 18.6 Å². The van der Waals surface area contributed by atoms with Crippen LogP contribution < -0.4 is 10.6 Å². The largest absolute Gasteiger partial charge is 0.406 e. The van der Waals surface area contributed by atoms with Crippen LogP contribution in [0.3, 0.4) is 0 Å². The van der Waals surface area contributed by atoms with Crippen LogP contribution in [0.4, 0.5) is 13.2 Å². The number of likely N-dealkylation sites (tertiary alicyclic amines) is 1. The summed E-state index contributed by atoms with van der Waals surface area (Å²) >= 11 is 0. The van der Waals surface area contributed by atoms with Crippen molar-refractivity contribution in [2.45, 2.75) is 31.6 Å². The molecule has 1 aromatic carbocycles. The van der Waals surface area contributed by atoms with E-state index in [2.05, 4.69) is 32.7 Å². The van der Waals surface area contributed by atoms with Gasteiger partial charge in [0, 0.05) is 33.2 Å². The van der Waals surface area contributed by atoms with Gasteiger partial charge in [-0.15, -0.1) is 24.0 Å². The minimum Gasteiger partial charge on any atom is -0.355 e. The number of hydrogen-bond donors (Lipinski definition) is 2. The molecule has 0 radical (unpaired) electrons. The van der Waals surface area contributed by atoms with Gasteiger partial charge in [0.25, 0.3) is 0 Å². The molecule has 1 aliphatic rings. The molecule has 1 aromatic rings. The third-order valence-corrected chi connectivity index (χ3v) is 4.71. The molecule has 1 fully saturated rings. The van der Waals surface area contributed by atoms with Crippen LogP contribution in [0.25, 0.3) is 0 Å². The zero-order valence-electron chi connectivity index (χ0n) is 16.7. The highest BCUT2D eigenvalue weighted by Crippen LogP contribution is 2.19. The average Bonchev–Trinajstić information content (AvgIpc) is 3.08. The second-order valence-corrected chi connectivity index (χ2v) is 6.92. The summed E-state index contributed by atoms with van der Waals surface area (Å²) in [6, 6.07) is 10.6. The minimum atomic E-state index is -4.41. The van der Waals surface area contributed by atoms with Gasteiger partial charge in [-0.1, -0.05) is 30.3 Å². The lowest BCUT2D eigenvalue weighted by Gasteiger charge is -2.26. The molecule has 1 saturated heterocycles. The highest BCUT2D eigenvalue weighted by Gasteiger charge is 2.31. The number of benzene rings is 1. The summed E-state index contributed by atoms with van der Waals surface area (Å²) in [6.07, 6.45) is -2.23. The first-order valence-corrected chi connectivity index (χ1v) is 9.31. The highest BCUT2D eigenvalue weighted by atomic mass is 127. The third kappa shape index (κ3) is 9.20. The Kier molecular flexibility index (Phi) is 10.7. The Morgan fingerprint density at radius 1 is 1.28 bits per heavy atom. The Bertz CT molecular complexity index is 657. The van der Waals surface area contributed by atoms with Gasteiger partial charge in [0.05, 0.1) is 6.54 Å². The maximum absolute atomic E-state index is 12.4. The summed E-state index contributed by atoms with van der Waals surface area (Å²) in [5, 5.41) is 5.96. The van der Waals surface area contributed by atoms with Crippen molar-refractivity contribution in [3.63, 3.8) is 0 Å². The van der Waals surface area contributed by atoms with Gasteiger partial charge in [0.15, 0.2) is 5.96 Å². The molecule has 0 spiro atoms. The fourth-order valence-electron chi connectivity index (χ4n) is 3.24. The molecule has 2 rings (SSSR count). The number of nitrogens with one attached hydrogen (secondary N) is 2. The molecule has 1 unspecified atom stereocenters. The zero-order chi connectivity index (χ0) is 20.6. The van der Waals surface area contributed by atoms with Gasteiger partial charge in [-0.05, 0) is 24.9 Å². The van der Waals surface area contributed by atoms with E-state index in [0.29, 0.717) is 23.4 Å². The number of amides is 1. The molecule has 0 aromatic heterocycles. The molecule has 0 saturated carbocycles. The van der Waals surface area contributed by atoms with Gasteiger partial charge in [0.1, 0.15) is 6.54 Å². The predicted octanol–water partition coefficient (Wildman–Crippen LogP) is 2.45. The van der Waals surface area contributed by atoms with Crippen LogP contribution in [0.5, 0.6) is 0 Å². The molecule has 0 aliphatic carbocycles. The van der Waals surface area contributed by atoms with Crippen molar-refractivity contribution in [2.24, 2.45) is 4.99 Å². The van der Waals surface area contributed by atoms with Crippen molar-refractivity contribution in [1.29, 1.82) is 0 Å². The SMILES string of the molecule is CN=C(NCC(=O)N(C)CC(F)(F)F)NCC1CCCN1Cc1ccccc1.I. The molecule has 6 nitrogen and oxygen atoms in total. The lowest BCUT2D eigenvalue weighted by atomic mass is 10.2. The van der Waals surface area contributed by atoms with Gasteiger partial charge in [-0.3, -0.25) is 14.7 Å². The van der Waals surface area contributed by atoms with Crippen LogP contribution in [-0.4, -0.2) is 74.2 Å². The van der Waals surface area contributed by atoms with Crippen molar-refractivity contribution in [2.75, 3.05) is 40.3 Å². The van der Waals surface area contributed by atoms with Crippen LogP contribution in [0, 0.1) is 0 Å². The van der Waals surface area contributed by atoms with Gasteiger partial charge in [-0.2, -0.15) is 13.2 Å². The molecule has 29 heavy (non-hydrogen) atoms. The Hall–Kier alpha value is -1.56. The smallest absolute Gasteiger partial charge is 0.355 e. The number of carbonyl (C=O) groups excluding carboxylic acids is 1. The number of rotatable bonds is 7. The molecular weight excluding hydrogens is 498 g/mol. The van der Waals surface area contributed by atoms with Crippen LogP contribution in [0.1, 0.15) is 18.4 Å². The van der Waals surface area contributed by atoms with E-state index in [1.807, 2.05) is 18.2 Å². The van der Waals surface area contributed by atoms with Crippen molar-refractivity contribution in [3.05, 3.63) is 35.9 Å². The molecule has 1 heterocycles. The third-order valence-electron chi connectivity index (χ3n) is 4.71. The lowest BCUT2D eigenvalue weighted by molar-refractivity contribution is -0.157. The molecule has 1 amide bonds. The topological polar surface area (TPSA) is 60.0 Å². The summed E-state index contributed by atoms with van der Waals surface area (Å²) in [4.78, 5) is 18.9. The van der Waals surface area contributed by atoms with Crippen LogP contribution in [0.15, 0.2) is 35.3 Å². The number of likely N-dealkylation sites (N-methyl/N-ethyl adjacent to an activating group) is 1. The standard InChI is InChI=1S/C19H28F3N5O.HI/c1-23-18(25-12-17(28)26(2)14-19(20,21)22)24-11-16-9-6-10-27(16)13-15-7-4-3-5-8-15;/h3-5,7-8,16H,6,9-14H2,1-2H3,(H2,23,24,25);1H. The van der Waals surface area contributed by atoms with Crippen molar-refractivity contribution >= 4 is 35.8 Å². The van der Waals surface area contributed by atoms with Gasteiger partial charge in [-0.25, -0.2) is 0 Å². The second kappa shape index (κ2) is 12.2. The Balaban J connectivity index is 0.00000420.